The van der Waals surface area contributed by atoms with Crippen LogP contribution in [0.15, 0.2) is 67.0 Å². The zero-order valence-corrected chi connectivity index (χ0v) is 19.9. The van der Waals surface area contributed by atoms with Gasteiger partial charge in [-0.15, -0.1) is 5.10 Å². The van der Waals surface area contributed by atoms with E-state index in [1.165, 1.54) is 16.7 Å². The Morgan fingerprint density at radius 2 is 2.00 bits per heavy atom. The standard InChI is InChI=1S/C27H28N8O/c28-25-13-24(26-27(31-25)33-34-32-26)23(9-11-36-22-4-2-1-3-5-22)21-15-30-35(17-21)16-18-6-7-20-14-29-10-8-19(20)12-18/h1-7,12-13,15,17,23,29H,8-11,14,16H2,(H3,28,31,32,33,34). The van der Waals surface area contributed by atoms with Gasteiger partial charge in [0, 0.05) is 18.7 Å². The molecule has 1 atom stereocenters. The van der Waals surface area contributed by atoms with Crippen molar-refractivity contribution < 1.29 is 4.74 Å². The minimum absolute atomic E-state index is 0.0324. The smallest absolute Gasteiger partial charge is 0.178 e. The van der Waals surface area contributed by atoms with Crippen molar-refractivity contribution in [2.24, 2.45) is 0 Å². The molecule has 0 saturated heterocycles. The summed E-state index contributed by atoms with van der Waals surface area (Å²) in [6, 6.07) is 18.5. The number of para-hydroxylation sites is 1. The summed E-state index contributed by atoms with van der Waals surface area (Å²) in [5.74, 6) is 1.24. The molecule has 0 aliphatic carbocycles. The Hall–Kier alpha value is -4.24. The van der Waals surface area contributed by atoms with E-state index in [1.54, 1.807) is 0 Å². The van der Waals surface area contributed by atoms with E-state index >= 15 is 0 Å². The highest BCUT2D eigenvalue weighted by Crippen LogP contribution is 2.33. The van der Waals surface area contributed by atoms with Crippen molar-refractivity contribution in [3.63, 3.8) is 0 Å². The minimum Gasteiger partial charge on any atom is -0.494 e. The number of nitrogens with zero attached hydrogens (tertiary/aromatic N) is 5. The average molecular weight is 481 g/mol. The predicted molar refractivity (Wildman–Crippen MR) is 138 cm³/mol. The molecule has 0 spiro atoms. The summed E-state index contributed by atoms with van der Waals surface area (Å²) in [6.45, 7) is 3.21. The Kier molecular flexibility index (Phi) is 6.05. The first kappa shape index (κ1) is 22.2. The van der Waals surface area contributed by atoms with E-state index in [1.807, 2.05) is 47.3 Å². The largest absolute Gasteiger partial charge is 0.494 e. The van der Waals surface area contributed by atoms with Gasteiger partial charge in [0.15, 0.2) is 5.65 Å². The molecule has 36 heavy (non-hydrogen) atoms. The van der Waals surface area contributed by atoms with Crippen molar-refractivity contribution in [3.8, 4) is 5.75 Å². The van der Waals surface area contributed by atoms with Gasteiger partial charge in [-0.3, -0.25) is 4.68 Å². The number of nitrogen functional groups attached to an aromatic ring is 1. The van der Waals surface area contributed by atoms with E-state index in [4.69, 9.17) is 15.6 Å². The predicted octanol–water partition coefficient (Wildman–Crippen LogP) is 3.43. The van der Waals surface area contributed by atoms with Crippen molar-refractivity contribution >= 4 is 17.0 Å². The van der Waals surface area contributed by atoms with Gasteiger partial charge in [-0.2, -0.15) is 5.10 Å². The van der Waals surface area contributed by atoms with Crippen molar-refractivity contribution in [1.29, 1.82) is 0 Å². The molecule has 5 aromatic rings. The van der Waals surface area contributed by atoms with Gasteiger partial charge in [0.1, 0.15) is 17.1 Å². The van der Waals surface area contributed by atoms with Crippen molar-refractivity contribution in [3.05, 3.63) is 94.8 Å². The fourth-order valence-electron chi connectivity index (χ4n) is 4.92. The summed E-state index contributed by atoms with van der Waals surface area (Å²) < 4.78 is 8.03. The summed E-state index contributed by atoms with van der Waals surface area (Å²) in [4.78, 5) is 4.34. The fourth-order valence-corrected chi connectivity index (χ4v) is 4.92. The molecule has 1 aliphatic rings. The van der Waals surface area contributed by atoms with Crippen molar-refractivity contribution in [2.45, 2.75) is 31.8 Å². The van der Waals surface area contributed by atoms with Gasteiger partial charge in [0.05, 0.1) is 19.3 Å². The molecule has 1 unspecified atom stereocenters. The van der Waals surface area contributed by atoms with E-state index in [2.05, 4.69) is 50.1 Å². The highest BCUT2D eigenvalue weighted by molar-refractivity contribution is 5.77. The molecule has 6 rings (SSSR count). The summed E-state index contributed by atoms with van der Waals surface area (Å²) in [5, 5.41) is 19.2. The van der Waals surface area contributed by atoms with Crippen LogP contribution < -0.4 is 15.8 Å². The van der Waals surface area contributed by atoms with Crippen LogP contribution in [0.5, 0.6) is 5.75 Å². The molecule has 0 bridgehead atoms. The number of aromatic amines is 1. The van der Waals surface area contributed by atoms with Gasteiger partial charge in [-0.05, 0) is 65.4 Å². The topological polar surface area (TPSA) is 120 Å². The normalized spacial score (nSPS) is 14.0. The molecule has 4 N–H and O–H groups in total. The molecule has 0 amide bonds. The van der Waals surface area contributed by atoms with Crippen LogP contribution in [0.4, 0.5) is 5.82 Å². The third kappa shape index (κ3) is 4.65. The second kappa shape index (κ2) is 9.79. The maximum atomic E-state index is 6.14. The van der Waals surface area contributed by atoms with E-state index in [0.717, 1.165) is 42.8 Å². The molecule has 0 radical (unpaired) electrons. The van der Waals surface area contributed by atoms with Crippen LogP contribution >= 0.6 is 0 Å². The first-order valence-corrected chi connectivity index (χ1v) is 12.2. The molecular formula is C27H28N8O. The lowest BCUT2D eigenvalue weighted by Crippen LogP contribution is -2.23. The Balaban J connectivity index is 1.28. The van der Waals surface area contributed by atoms with Crippen molar-refractivity contribution in [2.75, 3.05) is 18.9 Å². The second-order valence-electron chi connectivity index (χ2n) is 9.15. The van der Waals surface area contributed by atoms with E-state index < -0.39 is 0 Å². The highest BCUT2D eigenvalue weighted by atomic mass is 16.5. The van der Waals surface area contributed by atoms with Crippen LogP contribution in [0, 0.1) is 0 Å². The Labute approximate surface area is 208 Å². The minimum atomic E-state index is -0.0324. The fraction of sp³-hybridized carbons (Fsp3) is 0.259. The third-order valence-electron chi connectivity index (χ3n) is 6.70. The summed E-state index contributed by atoms with van der Waals surface area (Å²) in [5.41, 5.74) is 13.5. The highest BCUT2D eigenvalue weighted by Gasteiger charge is 2.22. The van der Waals surface area contributed by atoms with Crippen LogP contribution in [0.2, 0.25) is 0 Å². The first-order valence-electron chi connectivity index (χ1n) is 12.2. The number of nitrogens with two attached hydrogens (primary N) is 1. The van der Waals surface area contributed by atoms with Crippen LogP contribution in [-0.2, 0) is 19.5 Å². The molecular weight excluding hydrogens is 452 g/mol. The molecule has 0 fully saturated rings. The number of aromatic nitrogens is 6. The number of benzene rings is 2. The summed E-state index contributed by atoms with van der Waals surface area (Å²) in [6.07, 6.45) is 5.82. The number of hydrogen-bond acceptors (Lipinski definition) is 7. The Morgan fingerprint density at radius 3 is 2.92 bits per heavy atom. The number of pyridine rings is 1. The van der Waals surface area contributed by atoms with Gasteiger partial charge < -0.3 is 15.8 Å². The maximum absolute atomic E-state index is 6.14. The lowest BCUT2D eigenvalue weighted by Gasteiger charge is -2.18. The van der Waals surface area contributed by atoms with Crippen LogP contribution in [0.1, 0.15) is 40.2 Å². The number of anilines is 1. The quantitative estimate of drug-likeness (QED) is 0.311. The summed E-state index contributed by atoms with van der Waals surface area (Å²) >= 11 is 0. The maximum Gasteiger partial charge on any atom is 0.178 e. The van der Waals surface area contributed by atoms with Gasteiger partial charge in [0.25, 0.3) is 0 Å². The van der Waals surface area contributed by atoms with E-state index in [-0.39, 0.29) is 5.92 Å². The third-order valence-corrected chi connectivity index (χ3v) is 6.70. The molecule has 4 heterocycles. The monoisotopic (exact) mass is 480 g/mol. The summed E-state index contributed by atoms with van der Waals surface area (Å²) in [7, 11) is 0. The lowest BCUT2D eigenvalue weighted by atomic mass is 9.90. The Bertz CT molecular complexity index is 1480. The van der Waals surface area contributed by atoms with Crippen LogP contribution in [0.3, 0.4) is 0 Å². The lowest BCUT2D eigenvalue weighted by molar-refractivity contribution is 0.304. The molecule has 1 aliphatic heterocycles. The zero-order chi connectivity index (χ0) is 24.3. The SMILES string of the molecule is Nc1cc(C(CCOc2ccccc2)c2cnn(Cc3ccc4c(c3)CCNC4)c2)c2nn[nH]c2n1. The molecule has 2 aromatic carbocycles. The van der Waals surface area contributed by atoms with Gasteiger partial charge in [-0.25, -0.2) is 10.1 Å². The molecule has 182 valence electrons. The van der Waals surface area contributed by atoms with Gasteiger partial charge >= 0.3 is 0 Å². The van der Waals surface area contributed by atoms with Crippen LogP contribution in [0.25, 0.3) is 11.2 Å². The number of H-pyrrole nitrogens is 1. The average Bonchev–Trinajstić information content (AvgIpc) is 3.56. The van der Waals surface area contributed by atoms with E-state index in [9.17, 15) is 0 Å². The first-order chi connectivity index (χ1) is 17.7. The molecule has 9 nitrogen and oxygen atoms in total. The number of nitrogens with one attached hydrogen (secondary N) is 2. The number of fused-ring (bicyclic) bond motifs is 2. The van der Waals surface area contributed by atoms with Gasteiger partial charge in [0.2, 0.25) is 0 Å². The number of rotatable bonds is 8. The van der Waals surface area contributed by atoms with E-state index in [0.29, 0.717) is 30.1 Å². The Morgan fingerprint density at radius 1 is 1.08 bits per heavy atom. The molecule has 3 aromatic heterocycles. The van der Waals surface area contributed by atoms with Crippen LogP contribution in [-0.4, -0.2) is 43.3 Å². The molecule has 0 saturated carbocycles. The number of ether oxygens (including phenoxy) is 1. The number of hydrogen-bond donors (Lipinski definition) is 3. The van der Waals surface area contributed by atoms with Gasteiger partial charge in [-0.1, -0.05) is 41.6 Å². The second-order valence-corrected chi connectivity index (χ2v) is 9.15. The molecule has 9 heteroatoms. The van der Waals surface area contributed by atoms with Crippen molar-refractivity contribution in [1.82, 2.24) is 35.5 Å². The zero-order valence-electron chi connectivity index (χ0n) is 19.9.